The van der Waals surface area contributed by atoms with Crippen molar-refractivity contribution in [3.63, 3.8) is 0 Å². The number of tetrazole rings is 1. The molecule has 2 aliphatic rings. The van der Waals surface area contributed by atoms with Gasteiger partial charge in [0.25, 0.3) is 0 Å². The molecule has 1 saturated heterocycles. The molecular formula is C19H37ClN6. The van der Waals surface area contributed by atoms with Crippen molar-refractivity contribution in [1.82, 2.24) is 30.0 Å². The van der Waals surface area contributed by atoms with E-state index in [1.54, 1.807) is 0 Å². The Bertz CT molecular complexity index is 532. The first kappa shape index (κ1) is 21.6. The van der Waals surface area contributed by atoms with Crippen molar-refractivity contribution in [1.29, 1.82) is 0 Å². The highest BCUT2D eigenvalue weighted by Crippen LogP contribution is 2.31. The van der Waals surface area contributed by atoms with Crippen LogP contribution in [0.15, 0.2) is 0 Å². The second-order valence-electron chi connectivity index (χ2n) is 8.43. The maximum atomic E-state index is 4.47. The van der Waals surface area contributed by atoms with Crippen LogP contribution in [0.25, 0.3) is 0 Å². The molecule has 2 heterocycles. The Morgan fingerprint density at radius 2 is 1.73 bits per heavy atom. The molecule has 1 aliphatic heterocycles. The number of hydrogen-bond acceptors (Lipinski definition) is 5. The fourth-order valence-corrected chi connectivity index (χ4v) is 4.41. The molecule has 0 N–H and O–H groups in total. The number of rotatable bonds is 7. The van der Waals surface area contributed by atoms with E-state index >= 15 is 0 Å². The summed E-state index contributed by atoms with van der Waals surface area (Å²) in [4.78, 5) is 5.36. The van der Waals surface area contributed by atoms with Gasteiger partial charge in [0.1, 0.15) is 0 Å². The van der Waals surface area contributed by atoms with E-state index in [1.807, 2.05) is 0 Å². The van der Waals surface area contributed by atoms with Crippen molar-refractivity contribution >= 4 is 12.4 Å². The molecule has 0 amide bonds. The van der Waals surface area contributed by atoms with Crippen LogP contribution in [0.3, 0.4) is 0 Å². The van der Waals surface area contributed by atoms with Gasteiger partial charge in [-0.1, -0.05) is 33.1 Å². The minimum Gasteiger partial charge on any atom is -0.298 e. The molecule has 0 bridgehead atoms. The number of nitrogens with zero attached hydrogens (tertiary/aromatic N) is 6. The summed E-state index contributed by atoms with van der Waals surface area (Å²) in [5, 5.41) is 12.9. The molecule has 0 spiro atoms. The predicted octanol–water partition coefficient (Wildman–Crippen LogP) is 3.64. The lowest BCUT2D eigenvalue weighted by Crippen LogP contribution is -2.51. The lowest BCUT2D eigenvalue weighted by molar-refractivity contribution is 0.0604. The van der Waals surface area contributed by atoms with Crippen molar-refractivity contribution in [3.8, 4) is 0 Å². The Balaban J connectivity index is 0.00000243. The number of piperazine rings is 1. The van der Waals surface area contributed by atoms with E-state index in [9.17, 15) is 0 Å². The maximum Gasteiger partial charge on any atom is 0.168 e. The quantitative estimate of drug-likeness (QED) is 0.718. The van der Waals surface area contributed by atoms with Crippen LogP contribution >= 0.6 is 12.4 Å². The van der Waals surface area contributed by atoms with Crippen molar-refractivity contribution in [2.75, 3.05) is 26.2 Å². The molecule has 0 radical (unpaired) electrons. The summed E-state index contributed by atoms with van der Waals surface area (Å²) >= 11 is 0. The average molecular weight is 385 g/mol. The standard InChI is InChI=1S/C19H36N6.ClH/c1-5-9-17(18-20-21-22-25(18)19(3,4)6-2)24-14-12-23(13-15-24)16-10-7-8-11-16;/h16-17H,5-15H2,1-4H3;1H. The van der Waals surface area contributed by atoms with Gasteiger partial charge in [-0.2, -0.15) is 0 Å². The highest BCUT2D eigenvalue weighted by Gasteiger charge is 2.34. The van der Waals surface area contributed by atoms with Crippen molar-refractivity contribution in [2.45, 2.75) is 90.3 Å². The van der Waals surface area contributed by atoms with E-state index < -0.39 is 0 Å². The first-order chi connectivity index (χ1) is 12.1. The summed E-state index contributed by atoms with van der Waals surface area (Å²) in [6.45, 7) is 13.6. The minimum atomic E-state index is -0.0313. The summed E-state index contributed by atoms with van der Waals surface area (Å²) < 4.78 is 2.08. The van der Waals surface area contributed by atoms with E-state index in [0.717, 1.165) is 44.2 Å². The van der Waals surface area contributed by atoms with Crippen LogP contribution in [0.1, 0.15) is 84.5 Å². The fourth-order valence-electron chi connectivity index (χ4n) is 4.41. The Kier molecular flexibility index (Phi) is 7.86. The molecule has 1 saturated carbocycles. The number of aromatic nitrogens is 4. The van der Waals surface area contributed by atoms with Crippen LogP contribution in [-0.4, -0.2) is 62.2 Å². The Hall–Kier alpha value is -0.720. The van der Waals surface area contributed by atoms with Gasteiger partial charge in [-0.3, -0.25) is 9.80 Å². The molecule has 150 valence electrons. The van der Waals surface area contributed by atoms with E-state index in [4.69, 9.17) is 0 Å². The zero-order valence-corrected chi connectivity index (χ0v) is 17.8. The highest BCUT2D eigenvalue weighted by molar-refractivity contribution is 5.85. The largest absolute Gasteiger partial charge is 0.298 e. The molecular weight excluding hydrogens is 348 g/mol. The first-order valence-corrected chi connectivity index (χ1v) is 10.3. The highest BCUT2D eigenvalue weighted by atomic mass is 35.5. The van der Waals surface area contributed by atoms with E-state index in [2.05, 4.69) is 57.7 Å². The zero-order valence-electron chi connectivity index (χ0n) is 17.0. The molecule has 6 nitrogen and oxygen atoms in total. The second-order valence-corrected chi connectivity index (χ2v) is 8.43. The minimum absolute atomic E-state index is 0. The lowest BCUT2D eigenvalue weighted by atomic mass is 10.0. The second kappa shape index (κ2) is 9.47. The molecule has 1 aliphatic carbocycles. The van der Waals surface area contributed by atoms with Gasteiger partial charge in [0.15, 0.2) is 5.82 Å². The van der Waals surface area contributed by atoms with E-state index in [1.165, 1.54) is 38.8 Å². The van der Waals surface area contributed by atoms with Crippen LogP contribution in [0.4, 0.5) is 0 Å². The topological polar surface area (TPSA) is 50.1 Å². The van der Waals surface area contributed by atoms with Crippen molar-refractivity contribution < 1.29 is 0 Å². The third-order valence-electron chi connectivity index (χ3n) is 6.42. The third-order valence-corrected chi connectivity index (χ3v) is 6.42. The smallest absolute Gasteiger partial charge is 0.168 e. The first-order valence-electron chi connectivity index (χ1n) is 10.3. The van der Waals surface area contributed by atoms with Gasteiger partial charge in [0.05, 0.1) is 11.6 Å². The summed E-state index contributed by atoms with van der Waals surface area (Å²) in [6, 6.07) is 1.19. The van der Waals surface area contributed by atoms with Crippen molar-refractivity contribution in [3.05, 3.63) is 5.82 Å². The number of hydrogen-bond donors (Lipinski definition) is 0. The third kappa shape index (κ3) is 4.57. The Morgan fingerprint density at radius 3 is 2.31 bits per heavy atom. The van der Waals surface area contributed by atoms with Crippen LogP contribution in [0.5, 0.6) is 0 Å². The van der Waals surface area contributed by atoms with Gasteiger partial charge >= 0.3 is 0 Å². The van der Waals surface area contributed by atoms with Gasteiger partial charge in [-0.25, -0.2) is 4.68 Å². The molecule has 0 aromatic carbocycles. The van der Waals surface area contributed by atoms with Gasteiger partial charge in [-0.15, -0.1) is 17.5 Å². The van der Waals surface area contributed by atoms with E-state index in [0.29, 0.717) is 6.04 Å². The van der Waals surface area contributed by atoms with Crippen LogP contribution < -0.4 is 0 Å². The molecule has 1 aromatic rings. The number of halogens is 1. The molecule has 1 aromatic heterocycles. The van der Waals surface area contributed by atoms with Crippen LogP contribution in [0, 0.1) is 0 Å². The van der Waals surface area contributed by atoms with Gasteiger partial charge in [0.2, 0.25) is 0 Å². The van der Waals surface area contributed by atoms with Crippen LogP contribution in [-0.2, 0) is 5.54 Å². The molecule has 1 unspecified atom stereocenters. The monoisotopic (exact) mass is 384 g/mol. The SMILES string of the molecule is CCCC(c1nnnn1C(C)(C)CC)N1CCN(C2CCCC2)CC1.Cl. The summed E-state index contributed by atoms with van der Waals surface area (Å²) in [7, 11) is 0. The summed E-state index contributed by atoms with van der Waals surface area (Å²) in [5.41, 5.74) is -0.0313. The predicted molar refractivity (Wildman–Crippen MR) is 108 cm³/mol. The Morgan fingerprint density at radius 1 is 1.08 bits per heavy atom. The maximum absolute atomic E-state index is 4.47. The van der Waals surface area contributed by atoms with E-state index in [-0.39, 0.29) is 17.9 Å². The molecule has 26 heavy (non-hydrogen) atoms. The normalized spacial score (nSPS) is 21.7. The molecule has 7 heteroatoms. The molecule has 2 fully saturated rings. The van der Waals surface area contributed by atoms with Crippen LogP contribution in [0.2, 0.25) is 0 Å². The van der Waals surface area contributed by atoms with Gasteiger partial charge < -0.3 is 0 Å². The fraction of sp³-hybridized carbons (Fsp3) is 0.947. The lowest BCUT2D eigenvalue weighted by Gasteiger charge is -2.41. The molecule has 3 rings (SSSR count). The molecule has 1 atom stereocenters. The van der Waals surface area contributed by atoms with Gasteiger partial charge in [0, 0.05) is 32.2 Å². The van der Waals surface area contributed by atoms with Crippen molar-refractivity contribution in [2.24, 2.45) is 0 Å². The van der Waals surface area contributed by atoms with Gasteiger partial charge in [-0.05, 0) is 50.0 Å². The Labute approximate surface area is 165 Å². The average Bonchev–Trinajstić information content (AvgIpc) is 3.32. The summed E-state index contributed by atoms with van der Waals surface area (Å²) in [6.07, 6.45) is 8.97. The summed E-state index contributed by atoms with van der Waals surface area (Å²) in [5.74, 6) is 1.06. The zero-order chi connectivity index (χ0) is 17.9.